The predicted molar refractivity (Wildman–Crippen MR) is 258 cm³/mol. The van der Waals surface area contributed by atoms with Gasteiger partial charge in [-0.05, 0) is 106 Å². The zero-order valence-electron chi connectivity index (χ0n) is 33.2. The van der Waals surface area contributed by atoms with Crippen molar-refractivity contribution in [1.29, 1.82) is 0 Å². The topological polar surface area (TPSA) is 90.4 Å². The highest BCUT2D eigenvalue weighted by Crippen LogP contribution is 2.53. The van der Waals surface area contributed by atoms with Crippen LogP contribution in [-0.4, -0.2) is 33.0 Å². The molecule has 0 radical (unpaired) electrons. The highest BCUT2D eigenvalue weighted by Gasteiger charge is 2.55. The molecule has 2 spiro atoms. The molecule has 10 heteroatoms. The maximum Gasteiger partial charge on any atom is 0.186 e. The van der Waals surface area contributed by atoms with Gasteiger partial charge in [-0.2, -0.15) is 0 Å². The van der Waals surface area contributed by atoms with E-state index in [-0.39, 0.29) is 11.6 Å². The van der Waals surface area contributed by atoms with Crippen molar-refractivity contribution < 1.29 is 9.59 Å². The summed E-state index contributed by atoms with van der Waals surface area (Å²) >= 11 is 28.4. The molecule has 2 N–H and O–H groups in total. The van der Waals surface area contributed by atoms with Crippen LogP contribution < -0.4 is 0 Å². The highest BCUT2D eigenvalue weighted by atomic mass is 35.5. The minimum Gasteiger partial charge on any atom is -0.357 e. The summed E-state index contributed by atoms with van der Waals surface area (Å²) < 4.78 is 0. The molecule has 0 amide bonds. The fourth-order valence-corrected chi connectivity index (χ4v) is 12.0. The molecule has 8 aromatic rings. The Bertz CT molecular complexity index is 3440. The van der Waals surface area contributed by atoms with Crippen molar-refractivity contribution in [2.24, 2.45) is 9.98 Å². The van der Waals surface area contributed by atoms with Crippen LogP contribution in [-0.2, 0) is 10.8 Å². The van der Waals surface area contributed by atoms with Gasteiger partial charge in [0.25, 0.3) is 0 Å². The molecule has 0 saturated carbocycles. The van der Waals surface area contributed by atoms with Gasteiger partial charge in [0.2, 0.25) is 0 Å². The average Bonchev–Trinajstić information content (AvgIpc) is 4.18. The number of fused-ring (bicyclic) bond motifs is 12. The molecule has 0 saturated heterocycles. The Morgan fingerprint density at radius 1 is 0.422 bits per heavy atom. The van der Waals surface area contributed by atoms with Gasteiger partial charge in [-0.25, -0.2) is 0 Å². The van der Waals surface area contributed by atoms with Gasteiger partial charge in [0.15, 0.2) is 11.6 Å². The van der Waals surface area contributed by atoms with Crippen molar-refractivity contribution in [2.75, 3.05) is 0 Å². The fourth-order valence-electron chi connectivity index (χ4n) is 10.9. The van der Waals surface area contributed by atoms with E-state index in [1.165, 1.54) is 0 Å². The third-order valence-electron chi connectivity index (χ3n) is 13.5. The zero-order chi connectivity index (χ0) is 43.2. The number of H-pyrrole nitrogens is 2. The van der Waals surface area contributed by atoms with Crippen molar-refractivity contribution >= 4 is 102 Å². The van der Waals surface area contributed by atoms with Crippen molar-refractivity contribution in [3.63, 3.8) is 0 Å². The van der Waals surface area contributed by atoms with E-state index in [0.717, 1.165) is 32.7 Å². The molecule has 8 bridgehead atoms. The monoisotopic (exact) mass is 904 g/mol. The lowest BCUT2D eigenvalue weighted by atomic mass is 9.73. The summed E-state index contributed by atoms with van der Waals surface area (Å²) in [6.45, 7) is 0. The second-order valence-corrected chi connectivity index (χ2v) is 18.2. The van der Waals surface area contributed by atoms with E-state index in [4.69, 9.17) is 56.4 Å². The van der Waals surface area contributed by atoms with Crippen LogP contribution in [0, 0.1) is 0 Å². The lowest BCUT2D eigenvalue weighted by Crippen LogP contribution is -2.41. The first-order valence-corrected chi connectivity index (χ1v) is 22.2. The fraction of sp³-hybridized carbons (Fsp3) is 0.0370. The van der Waals surface area contributed by atoms with Crippen molar-refractivity contribution in [3.05, 3.63) is 245 Å². The lowest BCUT2D eigenvalue weighted by molar-refractivity contribution is 0.0949. The highest BCUT2D eigenvalue weighted by molar-refractivity contribution is 6.40. The number of carbonyl (C=O) groups excluding carboxylic acids is 2. The summed E-state index contributed by atoms with van der Waals surface area (Å²) in [7, 11) is 0. The van der Waals surface area contributed by atoms with Crippen LogP contribution in [0.2, 0.25) is 20.1 Å². The largest absolute Gasteiger partial charge is 0.357 e. The maximum absolute atomic E-state index is 15.6. The van der Waals surface area contributed by atoms with Crippen LogP contribution in [0.4, 0.5) is 0 Å². The van der Waals surface area contributed by atoms with Gasteiger partial charge in [0, 0.05) is 56.2 Å². The number of allylic oxidation sites excluding steroid dienone is 4. The number of nitrogens with zero attached hydrogens (tertiary/aromatic N) is 2. The van der Waals surface area contributed by atoms with Crippen LogP contribution >= 0.6 is 46.4 Å². The molecule has 6 aromatic carbocycles. The number of hydrogen-bond acceptors (Lipinski definition) is 4. The molecule has 5 heterocycles. The van der Waals surface area contributed by atoms with E-state index >= 15 is 9.59 Å². The summed E-state index contributed by atoms with van der Waals surface area (Å²) in [5, 5.41) is 5.23. The Morgan fingerprint density at radius 2 is 0.797 bits per heavy atom. The minimum atomic E-state index is -1.42. The van der Waals surface area contributed by atoms with Gasteiger partial charge in [-0.15, -0.1) is 0 Å². The molecule has 3 aliphatic heterocycles. The lowest BCUT2D eigenvalue weighted by Gasteiger charge is -2.28. The van der Waals surface area contributed by atoms with Gasteiger partial charge in [0.1, 0.15) is 10.8 Å². The predicted octanol–water partition coefficient (Wildman–Crippen LogP) is 13.5. The van der Waals surface area contributed by atoms with Gasteiger partial charge >= 0.3 is 0 Å². The summed E-state index contributed by atoms with van der Waals surface area (Å²) in [6, 6.07) is 42.1. The third kappa shape index (κ3) is 4.73. The number of carbonyl (C=O) groups is 2. The van der Waals surface area contributed by atoms with Crippen LogP contribution in [0.15, 0.2) is 179 Å². The number of aliphatic imine (C=N–C) groups is 2. The normalized spacial score (nSPS) is 22.6. The van der Waals surface area contributed by atoms with Crippen LogP contribution in [0.1, 0.15) is 65.7 Å². The Hall–Kier alpha value is -6.80. The molecule has 5 aliphatic rings. The van der Waals surface area contributed by atoms with Gasteiger partial charge in [-0.3, -0.25) is 19.6 Å². The number of aromatic amines is 2. The van der Waals surface area contributed by atoms with Gasteiger partial charge < -0.3 is 9.97 Å². The molecule has 2 aliphatic carbocycles. The molecule has 13 rings (SSSR count). The summed E-state index contributed by atoms with van der Waals surface area (Å²) in [6.07, 6.45) is 7.63. The molecule has 0 unspecified atom stereocenters. The van der Waals surface area contributed by atoms with Gasteiger partial charge in [0.05, 0.1) is 42.9 Å². The first kappa shape index (κ1) is 37.7. The van der Waals surface area contributed by atoms with Crippen molar-refractivity contribution in [1.82, 2.24) is 9.97 Å². The van der Waals surface area contributed by atoms with Crippen molar-refractivity contribution in [2.45, 2.75) is 10.8 Å². The van der Waals surface area contributed by atoms with E-state index in [2.05, 4.69) is 9.97 Å². The van der Waals surface area contributed by atoms with Gasteiger partial charge in [-0.1, -0.05) is 131 Å². The SMILES string of the molecule is O=C1c2cccc3cccc(c23)[C@@]12C1=N/C(=C(/c3c(Cl)cccc3Cl)c3ccc([nH]3)[C@@]3(C(=O)c4cccc5cccc3c45)C3=N/C(=C(/c4c(Cl)cccc4Cl)c4ccc2[nH]4)C=C3)C=C1. The molecular weight excluding hydrogens is 878 g/mol. The molecular formula is C54H28Cl4N4O2. The molecule has 304 valence electrons. The summed E-state index contributed by atoms with van der Waals surface area (Å²) in [5.74, 6) is -0.251. The van der Waals surface area contributed by atoms with E-state index in [0.29, 0.717) is 99.1 Å². The number of nitrogens with one attached hydrogen (secondary N) is 2. The number of Topliss-reactive ketones (excluding diaryl/α,β-unsaturated/α-hetero) is 2. The molecule has 2 aromatic heterocycles. The number of benzene rings is 6. The average molecular weight is 907 g/mol. The second-order valence-electron chi connectivity index (χ2n) is 16.5. The number of aromatic nitrogens is 2. The van der Waals surface area contributed by atoms with Crippen LogP contribution in [0.3, 0.4) is 0 Å². The zero-order valence-corrected chi connectivity index (χ0v) is 36.3. The Labute approximate surface area is 385 Å². The van der Waals surface area contributed by atoms with E-state index in [1.54, 1.807) is 36.4 Å². The Morgan fingerprint density at radius 3 is 1.20 bits per heavy atom. The summed E-state index contributed by atoms with van der Waals surface area (Å²) in [4.78, 5) is 49.5. The first-order valence-electron chi connectivity index (χ1n) is 20.7. The summed E-state index contributed by atoms with van der Waals surface area (Å²) in [5.41, 5.74) is 6.68. The van der Waals surface area contributed by atoms with Crippen LogP contribution in [0.25, 0.3) is 32.7 Å². The molecule has 0 fully saturated rings. The minimum absolute atomic E-state index is 0.126. The maximum atomic E-state index is 15.6. The molecule has 6 nitrogen and oxygen atoms in total. The number of hydrogen-bond donors (Lipinski definition) is 2. The molecule has 64 heavy (non-hydrogen) atoms. The second kappa shape index (κ2) is 13.4. The standard InChI is InChI=1S/C54H28Cl4N4O2/c55-33-15-5-16-34(56)47(33)49-37-19-23-41(59-37)53(31-13-3-9-27-7-1-11-29(45(27)31)51(53)63)42-24-20-38(60-42)50(48-35(57)17-6-18-36(48)58)40-22-26-44(62-40)54(43-25-21-39(49)61-43)32-14-4-10-28-8-2-12-30(46(28)32)52(54)64/h1-26,59,62H/b49-39+,50-38+/t53-,54+/m1/s1. The molecule has 2 atom stereocenters. The number of rotatable bonds is 2. The Balaban J connectivity index is 1.19. The third-order valence-corrected chi connectivity index (χ3v) is 14.8. The first-order chi connectivity index (χ1) is 31.2. The van der Waals surface area contributed by atoms with Crippen molar-refractivity contribution in [3.8, 4) is 0 Å². The van der Waals surface area contributed by atoms with Crippen LogP contribution in [0.5, 0.6) is 0 Å². The van der Waals surface area contributed by atoms with E-state index in [1.807, 2.05) is 121 Å². The Kier molecular flexibility index (Phi) is 7.88. The number of halogens is 4. The number of ketones is 2. The quantitative estimate of drug-likeness (QED) is 0.181. The smallest absolute Gasteiger partial charge is 0.186 e. The van der Waals surface area contributed by atoms with E-state index < -0.39 is 10.8 Å². The van der Waals surface area contributed by atoms with E-state index in [9.17, 15) is 0 Å².